The first-order chi connectivity index (χ1) is 9.24. The van der Waals surface area contributed by atoms with E-state index in [9.17, 15) is 5.26 Å². The van der Waals surface area contributed by atoms with Crippen molar-refractivity contribution in [1.29, 1.82) is 5.26 Å². The molecule has 0 bridgehead atoms. The van der Waals surface area contributed by atoms with E-state index in [0.717, 1.165) is 27.3 Å². The van der Waals surface area contributed by atoms with E-state index in [1.165, 1.54) is 11.3 Å². The minimum Gasteiger partial charge on any atom is -0.365 e. The van der Waals surface area contributed by atoms with Gasteiger partial charge in [0.05, 0.1) is 0 Å². The van der Waals surface area contributed by atoms with E-state index in [1.54, 1.807) is 0 Å². The van der Waals surface area contributed by atoms with Crippen molar-refractivity contribution in [1.82, 2.24) is 9.55 Å². The van der Waals surface area contributed by atoms with E-state index in [-0.39, 0.29) is 0 Å². The van der Waals surface area contributed by atoms with Crippen molar-refractivity contribution >= 4 is 27.4 Å². The third-order valence-electron chi connectivity index (χ3n) is 3.09. The predicted molar refractivity (Wildman–Crippen MR) is 78.3 cm³/mol. The van der Waals surface area contributed by atoms with Gasteiger partial charge in [-0.1, -0.05) is 29.5 Å². The summed E-state index contributed by atoms with van der Waals surface area (Å²) < 4.78 is 2.06. The molecule has 0 radical (unpaired) electrons. The van der Waals surface area contributed by atoms with E-state index in [1.807, 2.05) is 32.4 Å². The van der Waals surface area contributed by atoms with Gasteiger partial charge in [0, 0.05) is 36.8 Å². The number of rotatable bonds is 2. The van der Waals surface area contributed by atoms with Crippen molar-refractivity contribution in [3.8, 4) is 17.3 Å². The van der Waals surface area contributed by atoms with Crippen LogP contribution in [0.4, 0.5) is 5.13 Å². The molecule has 3 aromatic rings. The van der Waals surface area contributed by atoms with Crippen LogP contribution >= 0.6 is 11.3 Å². The molecule has 0 unspecified atom stereocenters. The molecular formula is C14H12N4S. The van der Waals surface area contributed by atoms with Crippen molar-refractivity contribution in [3.63, 3.8) is 0 Å². The summed E-state index contributed by atoms with van der Waals surface area (Å²) >= 11 is 1.38. The number of nitrogens with zero attached hydrogens (tertiary/aromatic N) is 3. The van der Waals surface area contributed by atoms with Crippen molar-refractivity contribution in [2.45, 2.75) is 0 Å². The number of thiazole rings is 1. The number of para-hydroxylation sites is 1. The van der Waals surface area contributed by atoms with E-state index in [2.05, 4.69) is 33.1 Å². The number of aryl methyl sites for hydroxylation is 1. The zero-order chi connectivity index (χ0) is 13.4. The Labute approximate surface area is 114 Å². The number of nitriles is 1. The maximum Gasteiger partial charge on any atom is 0.184 e. The monoisotopic (exact) mass is 268 g/mol. The van der Waals surface area contributed by atoms with Gasteiger partial charge in [-0.05, 0) is 6.07 Å². The molecule has 19 heavy (non-hydrogen) atoms. The van der Waals surface area contributed by atoms with Crippen LogP contribution in [0.25, 0.3) is 22.2 Å². The van der Waals surface area contributed by atoms with Crippen LogP contribution in [0.15, 0.2) is 30.5 Å². The summed E-state index contributed by atoms with van der Waals surface area (Å²) in [6.07, 6.45) is 2.03. The van der Waals surface area contributed by atoms with Gasteiger partial charge < -0.3 is 9.88 Å². The molecule has 0 spiro atoms. The van der Waals surface area contributed by atoms with E-state index in [4.69, 9.17) is 0 Å². The average molecular weight is 268 g/mol. The van der Waals surface area contributed by atoms with Crippen molar-refractivity contribution in [2.75, 3.05) is 12.4 Å². The Kier molecular flexibility index (Phi) is 2.73. The molecule has 2 aromatic heterocycles. The summed E-state index contributed by atoms with van der Waals surface area (Å²) in [5.74, 6) is 0. The number of aromatic nitrogens is 2. The van der Waals surface area contributed by atoms with Crippen molar-refractivity contribution in [2.24, 2.45) is 7.05 Å². The standard InChI is InChI=1S/C14H12N4S/c1-16-14-17-13(12(7-15)19-14)10-8-18(2)11-6-4-3-5-9(10)11/h3-6,8H,1-2H3,(H,16,17). The molecule has 0 saturated carbocycles. The number of fused-ring (bicyclic) bond motifs is 1. The first-order valence-electron chi connectivity index (χ1n) is 5.87. The molecule has 94 valence electrons. The van der Waals surface area contributed by atoms with Gasteiger partial charge in [0.25, 0.3) is 0 Å². The largest absolute Gasteiger partial charge is 0.365 e. The normalized spacial score (nSPS) is 10.6. The third kappa shape index (κ3) is 1.77. The first kappa shape index (κ1) is 11.8. The summed E-state index contributed by atoms with van der Waals surface area (Å²) in [4.78, 5) is 5.14. The first-order valence-corrected chi connectivity index (χ1v) is 6.69. The van der Waals surface area contributed by atoms with E-state index >= 15 is 0 Å². The van der Waals surface area contributed by atoms with Crippen LogP contribution in [-0.4, -0.2) is 16.6 Å². The Morgan fingerprint density at radius 2 is 2.16 bits per heavy atom. The zero-order valence-electron chi connectivity index (χ0n) is 10.6. The molecule has 1 aromatic carbocycles. The van der Waals surface area contributed by atoms with Crippen LogP contribution in [0.2, 0.25) is 0 Å². The molecule has 0 atom stereocenters. The van der Waals surface area contributed by atoms with Crippen LogP contribution in [0, 0.1) is 11.3 Å². The van der Waals surface area contributed by atoms with E-state index < -0.39 is 0 Å². The molecule has 0 aliphatic rings. The second-order valence-electron chi connectivity index (χ2n) is 4.23. The summed E-state index contributed by atoms with van der Waals surface area (Å²) in [5, 5.41) is 14.1. The molecule has 3 rings (SSSR count). The number of hydrogen-bond donors (Lipinski definition) is 1. The van der Waals surface area contributed by atoms with Crippen LogP contribution in [0.3, 0.4) is 0 Å². The minimum atomic E-state index is 0.640. The predicted octanol–water partition coefficient (Wildman–Crippen LogP) is 3.22. The molecule has 5 heteroatoms. The molecule has 0 fully saturated rings. The molecule has 0 aliphatic carbocycles. The average Bonchev–Trinajstić information content (AvgIpc) is 3.00. The van der Waals surface area contributed by atoms with Crippen LogP contribution in [0.5, 0.6) is 0 Å². The summed E-state index contributed by atoms with van der Waals surface area (Å²) in [7, 11) is 3.82. The Balaban J connectivity index is 2.31. The lowest BCUT2D eigenvalue weighted by atomic mass is 10.1. The number of hydrogen-bond acceptors (Lipinski definition) is 4. The highest BCUT2D eigenvalue weighted by atomic mass is 32.1. The van der Waals surface area contributed by atoms with Crippen LogP contribution in [-0.2, 0) is 7.05 Å². The summed E-state index contributed by atoms with van der Waals surface area (Å²) in [5.41, 5.74) is 2.90. The summed E-state index contributed by atoms with van der Waals surface area (Å²) in [6, 6.07) is 10.4. The van der Waals surface area contributed by atoms with Crippen LogP contribution < -0.4 is 5.32 Å². The van der Waals surface area contributed by atoms with Gasteiger partial charge >= 0.3 is 0 Å². The lowest BCUT2D eigenvalue weighted by Crippen LogP contribution is -1.86. The van der Waals surface area contributed by atoms with Gasteiger partial charge in [0.15, 0.2) is 5.13 Å². The van der Waals surface area contributed by atoms with Crippen LogP contribution in [0.1, 0.15) is 4.88 Å². The topological polar surface area (TPSA) is 53.6 Å². The van der Waals surface area contributed by atoms with Gasteiger partial charge in [-0.3, -0.25) is 0 Å². The molecule has 0 amide bonds. The van der Waals surface area contributed by atoms with Gasteiger partial charge in [-0.15, -0.1) is 0 Å². The van der Waals surface area contributed by atoms with Crippen molar-refractivity contribution in [3.05, 3.63) is 35.3 Å². The lowest BCUT2D eigenvalue weighted by molar-refractivity contribution is 0.969. The molecule has 1 N–H and O–H groups in total. The van der Waals surface area contributed by atoms with Crippen molar-refractivity contribution < 1.29 is 0 Å². The molecular weight excluding hydrogens is 256 g/mol. The Hall–Kier alpha value is -2.32. The molecule has 4 nitrogen and oxygen atoms in total. The lowest BCUT2D eigenvalue weighted by Gasteiger charge is -1.95. The van der Waals surface area contributed by atoms with Gasteiger partial charge in [-0.25, -0.2) is 4.98 Å². The highest BCUT2D eigenvalue weighted by molar-refractivity contribution is 7.16. The third-order valence-corrected chi connectivity index (χ3v) is 4.07. The number of nitrogens with one attached hydrogen (secondary N) is 1. The number of benzene rings is 1. The fourth-order valence-corrected chi connectivity index (χ4v) is 2.95. The van der Waals surface area contributed by atoms with Gasteiger partial charge in [-0.2, -0.15) is 5.26 Å². The van der Waals surface area contributed by atoms with Gasteiger partial charge in [0.1, 0.15) is 16.6 Å². The number of anilines is 1. The zero-order valence-corrected chi connectivity index (χ0v) is 11.5. The Morgan fingerprint density at radius 1 is 1.37 bits per heavy atom. The summed E-state index contributed by atoms with van der Waals surface area (Å²) in [6.45, 7) is 0. The molecule has 0 saturated heterocycles. The second kappa shape index (κ2) is 4.41. The second-order valence-corrected chi connectivity index (χ2v) is 5.23. The minimum absolute atomic E-state index is 0.640. The van der Waals surface area contributed by atoms with Gasteiger partial charge in [0.2, 0.25) is 0 Å². The highest BCUT2D eigenvalue weighted by Crippen LogP contribution is 2.35. The quantitative estimate of drug-likeness (QED) is 0.776. The fourth-order valence-electron chi connectivity index (χ4n) is 2.22. The SMILES string of the molecule is CNc1nc(-c2cn(C)c3ccccc23)c(C#N)s1. The smallest absolute Gasteiger partial charge is 0.184 e. The highest BCUT2D eigenvalue weighted by Gasteiger charge is 2.16. The maximum atomic E-state index is 9.25. The van der Waals surface area contributed by atoms with E-state index in [0.29, 0.717) is 4.88 Å². The Bertz CT molecular complexity index is 791. The molecule has 0 aliphatic heterocycles. The fraction of sp³-hybridized carbons (Fsp3) is 0.143. The maximum absolute atomic E-state index is 9.25. The molecule has 2 heterocycles. The Morgan fingerprint density at radius 3 is 2.89 bits per heavy atom.